The highest BCUT2D eigenvalue weighted by atomic mass is 16.5. The van der Waals surface area contributed by atoms with Crippen molar-refractivity contribution in [3.8, 4) is 11.4 Å². The van der Waals surface area contributed by atoms with Gasteiger partial charge in [-0.1, -0.05) is 75.7 Å². The van der Waals surface area contributed by atoms with Crippen LogP contribution in [0.3, 0.4) is 0 Å². The Kier molecular flexibility index (Phi) is 5.94. The number of aryl methyl sites for hydroxylation is 1. The molecule has 1 atom stereocenters. The molecule has 1 aliphatic heterocycles. The SMILES string of the molecule is CCCCc1ccc(N2CC(c3nc(-c4ccc(C(C)(C)C)cc4)no3)CC2=O)cc1. The number of rotatable bonds is 6. The Hall–Kier alpha value is -2.95. The topological polar surface area (TPSA) is 59.2 Å². The molecule has 5 heteroatoms. The van der Waals surface area contributed by atoms with E-state index in [9.17, 15) is 4.79 Å². The predicted octanol–water partition coefficient (Wildman–Crippen LogP) is 5.90. The third-order valence-corrected chi connectivity index (χ3v) is 5.99. The summed E-state index contributed by atoms with van der Waals surface area (Å²) in [4.78, 5) is 19.1. The summed E-state index contributed by atoms with van der Waals surface area (Å²) in [5, 5.41) is 4.17. The average Bonchev–Trinajstić information content (AvgIpc) is 3.39. The quantitative estimate of drug-likeness (QED) is 0.501. The maximum absolute atomic E-state index is 12.7. The van der Waals surface area contributed by atoms with Gasteiger partial charge in [-0.2, -0.15) is 4.98 Å². The van der Waals surface area contributed by atoms with Crippen LogP contribution in [0.1, 0.15) is 69.9 Å². The first-order chi connectivity index (χ1) is 14.8. The van der Waals surface area contributed by atoms with Crippen LogP contribution in [-0.4, -0.2) is 22.6 Å². The van der Waals surface area contributed by atoms with Crippen molar-refractivity contribution in [3.05, 3.63) is 65.5 Å². The van der Waals surface area contributed by atoms with Gasteiger partial charge in [-0.3, -0.25) is 4.79 Å². The highest BCUT2D eigenvalue weighted by Gasteiger charge is 2.35. The molecule has 2 aromatic carbocycles. The number of hydrogen-bond acceptors (Lipinski definition) is 4. The lowest BCUT2D eigenvalue weighted by molar-refractivity contribution is -0.117. The minimum Gasteiger partial charge on any atom is -0.339 e. The van der Waals surface area contributed by atoms with Crippen molar-refractivity contribution in [2.75, 3.05) is 11.4 Å². The minimum atomic E-state index is -0.0811. The lowest BCUT2D eigenvalue weighted by Crippen LogP contribution is -2.24. The fourth-order valence-electron chi connectivity index (χ4n) is 3.98. The van der Waals surface area contributed by atoms with Crippen molar-refractivity contribution in [1.29, 1.82) is 0 Å². The van der Waals surface area contributed by atoms with Crippen molar-refractivity contribution in [2.24, 2.45) is 0 Å². The Morgan fingerprint density at radius 2 is 1.77 bits per heavy atom. The molecule has 1 saturated heterocycles. The summed E-state index contributed by atoms with van der Waals surface area (Å²) < 4.78 is 5.56. The fourth-order valence-corrected chi connectivity index (χ4v) is 3.98. The molecule has 1 aliphatic rings. The molecule has 4 rings (SSSR count). The zero-order chi connectivity index (χ0) is 22.0. The van der Waals surface area contributed by atoms with E-state index in [1.165, 1.54) is 24.0 Å². The van der Waals surface area contributed by atoms with Gasteiger partial charge in [-0.15, -0.1) is 0 Å². The summed E-state index contributed by atoms with van der Waals surface area (Å²) in [5.74, 6) is 1.12. The number of aromatic nitrogens is 2. The molecule has 2 heterocycles. The normalized spacial score (nSPS) is 16.8. The van der Waals surface area contributed by atoms with E-state index in [0.29, 0.717) is 24.7 Å². The monoisotopic (exact) mass is 417 g/mol. The minimum absolute atomic E-state index is 0.0811. The van der Waals surface area contributed by atoms with Gasteiger partial charge in [0.05, 0.1) is 5.92 Å². The third kappa shape index (κ3) is 4.71. The number of nitrogens with zero attached hydrogens (tertiary/aromatic N) is 3. The number of unbranched alkanes of at least 4 members (excludes halogenated alkanes) is 1. The van der Waals surface area contributed by atoms with E-state index in [-0.39, 0.29) is 17.2 Å². The predicted molar refractivity (Wildman–Crippen MR) is 123 cm³/mol. The van der Waals surface area contributed by atoms with Crippen LogP contribution in [0.25, 0.3) is 11.4 Å². The van der Waals surface area contributed by atoms with Gasteiger partial charge >= 0.3 is 0 Å². The molecular formula is C26H31N3O2. The third-order valence-electron chi connectivity index (χ3n) is 5.99. The van der Waals surface area contributed by atoms with Crippen molar-refractivity contribution in [1.82, 2.24) is 10.1 Å². The number of anilines is 1. The van der Waals surface area contributed by atoms with E-state index < -0.39 is 0 Å². The van der Waals surface area contributed by atoms with E-state index in [4.69, 9.17) is 4.52 Å². The molecule has 3 aromatic rings. The van der Waals surface area contributed by atoms with Gasteiger partial charge in [-0.05, 0) is 41.5 Å². The second-order valence-electron chi connectivity index (χ2n) is 9.46. The molecule has 1 aromatic heterocycles. The summed E-state index contributed by atoms with van der Waals surface area (Å²) in [7, 11) is 0. The van der Waals surface area contributed by atoms with E-state index in [1.807, 2.05) is 29.2 Å². The second-order valence-corrected chi connectivity index (χ2v) is 9.46. The van der Waals surface area contributed by atoms with E-state index >= 15 is 0 Å². The Morgan fingerprint density at radius 1 is 1.06 bits per heavy atom. The molecule has 1 amide bonds. The summed E-state index contributed by atoms with van der Waals surface area (Å²) in [6, 6.07) is 16.6. The first kappa shape index (κ1) is 21.3. The molecule has 0 saturated carbocycles. The van der Waals surface area contributed by atoms with Crippen LogP contribution in [0.4, 0.5) is 5.69 Å². The van der Waals surface area contributed by atoms with Crippen LogP contribution >= 0.6 is 0 Å². The Bertz CT molecular complexity index is 1030. The lowest BCUT2D eigenvalue weighted by Gasteiger charge is -2.18. The first-order valence-electron chi connectivity index (χ1n) is 11.2. The van der Waals surface area contributed by atoms with E-state index in [2.05, 4.69) is 62.1 Å². The van der Waals surface area contributed by atoms with Gasteiger partial charge in [0.15, 0.2) is 0 Å². The summed E-state index contributed by atoms with van der Waals surface area (Å²) >= 11 is 0. The zero-order valence-corrected chi connectivity index (χ0v) is 18.9. The Morgan fingerprint density at radius 3 is 2.42 bits per heavy atom. The van der Waals surface area contributed by atoms with Gasteiger partial charge in [0.2, 0.25) is 17.6 Å². The molecule has 162 valence electrons. The van der Waals surface area contributed by atoms with Crippen molar-refractivity contribution >= 4 is 11.6 Å². The van der Waals surface area contributed by atoms with Gasteiger partial charge < -0.3 is 9.42 Å². The molecule has 0 radical (unpaired) electrons. The number of carbonyl (C=O) groups excluding carboxylic acids is 1. The fraction of sp³-hybridized carbons (Fsp3) is 0.423. The van der Waals surface area contributed by atoms with E-state index in [0.717, 1.165) is 17.7 Å². The number of amides is 1. The van der Waals surface area contributed by atoms with Crippen LogP contribution in [0.15, 0.2) is 53.1 Å². The van der Waals surface area contributed by atoms with Gasteiger partial charge in [0.1, 0.15) is 0 Å². The van der Waals surface area contributed by atoms with Crippen LogP contribution in [0.2, 0.25) is 0 Å². The smallest absolute Gasteiger partial charge is 0.232 e. The number of carbonyl (C=O) groups is 1. The maximum atomic E-state index is 12.7. The molecule has 0 spiro atoms. The van der Waals surface area contributed by atoms with Gasteiger partial charge in [-0.25, -0.2) is 0 Å². The average molecular weight is 418 g/mol. The van der Waals surface area contributed by atoms with Crippen LogP contribution in [-0.2, 0) is 16.6 Å². The summed E-state index contributed by atoms with van der Waals surface area (Å²) in [5.41, 5.74) is 4.53. The molecule has 5 nitrogen and oxygen atoms in total. The molecule has 0 aliphatic carbocycles. The molecule has 1 unspecified atom stereocenters. The van der Waals surface area contributed by atoms with Gasteiger partial charge in [0, 0.05) is 24.2 Å². The van der Waals surface area contributed by atoms with Crippen LogP contribution in [0.5, 0.6) is 0 Å². The summed E-state index contributed by atoms with van der Waals surface area (Å²) in [6.07, 6.45) is 3.83. The van der Waals surface area contributed by atoms with Gasteiger partial charge in [0.25, 0.3) is 0 Å². The molecule has 1 fully saturated rings. The zero-order valence-electron chi connectivity index (χ0n) is 18.9. The first-order valence-corrected chi connectivity index (χ1v) is 11.2. The molecule has 31 heavy (non-hydrogen) atoms. The number of hydrogen-bond donors (Lipinski definition) is 0. The molecule has 0 N–H and O–H groups in total. The highest BCUT2D eigenvalue weighted by Crippen LogP contribution is 2.32. The van der Waals surface area contributed by atoms with E-state index in [1.54, 1.807) is 0 Å². The standard InChI is InChI=1S/C26H31N3O2/c1-5-6-7-18-8-14-22(15-9-18)29-17-20(16-23(29)30)25-27-24(28-31-25)19-10-12-21(13-11-19)26(2,3)4/h8-15,20H,5-7,16-17H2,1-4H3. The Balaban J connectivity index is 1.46. The number of benzene rings is 2. The molecule has 0 bridgehead atoms. The van der Waals surface area contributed by atoms with Crippen LogP contribution in [0, 0.1) is 0 Å². The van der Waals surface area contributed by atoms with Crippen LogP contribution < -0.4 is 4.90 Å². The largest absolute Gasteiger partial charge is 0.339 e. The van der Waals surface area contributed by atoms with Crippen molar-refractivity contribution in [2.45, 2.75) is 64.7 Å². The highest BCUT2D eigenvalue weighted by molar-refractivity contribution is 5.96. The Labute approximate surface area is 184 Å². The van der Waals surface area contributed by atoms with Crippen molar-refractivity contribution in [3.63, 3.8) is 0 Å². The second kappa shape index (κ2) is 8.66. The van der Waals surface area contributed by atoms with Crippen molar-refractivity contribution < 1.29 is 9.32 Å². The molecular weight excluding hydrogens is 386 g/mol. The summed E-state index contributed by atoms with van der Waals surface area (Å²) in [6.45, 7) is 9.33. The lowest BCUT2D eigenvalue weighted by atomic mass is 9.87. The maximum Gasteiger partial charge on any atom is 0.232 e.